The smallest absolute Gasteiger partial charge is 0.325 e. The van der Waals surface area contributed by atoms with Gasteiger partial charge in [-0.3, -0.25) is 10.1 Å². The second kappa shape index (κ2) is 4.60. The molecule has 1 N–H and O–H groups in total. The van der Waals surface area contributed by atoms with Crippen LogP contribution in [0.4, 0.5) is 0 Å². The highest BCUT2D eigenvalue weighted by Crippen LogP contribution is 2.13. The molecule has 0 aromatic carbocycles. The Bertz CT molecular complexity index is 219. The van der Waals surface area contributed by atoms with Gasteiger partial charge in [-0.25, -0.2) is 0 Å². The maximum Gasteiger partial charge on any atom is 0.325 e. The minimum absolute atomic E-state index is 0.241. The quantitative estimate of drug-likeness (QED) is 0.542. The lowest BCUT2D eigenvalue weighted by molar-refractivity contribution is -0.150. The van der Waals surface area contributed by atoms with Crippen LogP contribution in [0.1, 0.15) is 34.6 Å². The topological polar surface area (TPSA) is 38.3 Å². The van der Waals surface area contributed by atoms with Crippen LogP contribution in [0.25, 0.3) is 0 Å². The molecule has 0 aliphatic rings. The Morgan fingerprint density at radius 3 is 2.29 bits per heavy atom. The molecule has 0 saturated heterocycles. The third-order valence-electron chi connectivity index (χ3n) is 1.93. The predicted octanol–water partition coefficient (Wildman–Crippen LogP) is 1.88. The molecule has 0 aliphatic carbocycles. The fourth-order valence-corrected chi connectivity index (χ4v) is 1.22. The molecule has 14 heavy (non-hydrogen) atoms. The first-order valence-corrected chi connectivity index (χ1v) is 4.85. The zero-order chi connectivity index (χ0) is 11.4. The molecule has 0 aliphatic heterocycles. The third kappa shape index (κ3) is 3.92. The highest BCUT2D eigenvalue weighted by molar-refractivity contribution is 5.79. The van der Waals surface area contributed by atoms with Gasteiger partial charge in [-0.15, -0.1) is 6.58 Å². The Morgan fingerprint density at radius 1 is 1.43 bits per heavy atom. The van der Waals surface area contributed by atoms with Crippen LogP contribution in [0, 0.1) is 0 Å². The molecule has 0 rings (SSSR count). The summed E-state index contributed by atoms with van der Waals surface area (Å²) in [5.74, 6) is -0.241. The van der Waals surface area contributed by atoms with Crippen molar-refractivity contribution in [3.05, 3.63) is 12.7 Å². The molecule has 0 aromatic rings. The molecule has 82 valence electrons. The third-order valence-corrected chi connectivity index (χ3v) is 1.93. The van der Waals surface area contributed by atoms with Crippen molar-refractivity contribution >= 4 is 5.97 Å². The van der Waals surface area contributed by atoms with Crippen molar-refractivity contribution in [3.8, 4) is 0 Å². The minimum atomic E-state index is -0.687. The molecule has 3 heteroatoms. The highest BCUT2D eigenvalue weighted by Gasteiger charge is 2.33. The molecule has 0 unspecified atom stereocenters. The first-order chi connectivity index (χ1) is 6.25. The van der Waals surface area contributed by atoms with E-state index in [-0.39, 0.29) is 11.5 Å². The highest BCUT2D eigenvalue weighted by atomic mass is 16.5. The van der Waals surface area contributed by atoms with Gasteiger partial charge in [0.2, 0.25) is 0 Å². The van der Waals surface area contributed by atoms with Gasteiger partial charge in [0.05, 0.1) is 6.61 Å². The van der Waals surface area contributed by atoms with Gasteiger partial charge in [-0.1, -0.05) is 6.08 Å². The molecular weight excluding hydrogens is 178 g/mol. The van der Waals surface area contributed by atoms with Gasteiger partial charge in [-0.05, 0) is 34.6 Å². The molecule has 0 fully saturated rings. The molecule has 0 saturated carbocycles. The van der Waals surface area contributed by atoms with E-state index in [1.165, 1.54) is 0 Å². The zero-order valence-corrected chi connectivity index (χ0v) is 9.81. The normalized spacial score (nSPS) is 12.4. The van der Waals surface area contributed by atoms with Crippen LogP contribution in [0.15, 0.2) is 12.7 Å². The fraction of sp³-hybridized carbons (Fsp3) is 0.727. The zero-order valence-electron chi connectivity index (χ0n) is 9.81. The van der Waals surface area contributed by atoms with Crippen molar-refractivity contribution in [2.75, 3.05) is 6.61 Å². The van der Waals surface area contributed by atoms with Gasteiger partial charge in [0.15, 0.2) is 0 Å². The van der Waals surface area contributed by atoms with Crippen LogP contribution in [-0.4, -0.2) is 23.7 Å². The van der Waals surface area contributed by atoms with Crippen molar-refractivity contribution < 1.29 is 9.53 Å². The first-order valence-electron chi connectivity index (χ1n) is 4.85. The van der Waals surface area contributed by atoms with Gasteiger partial charge in [-0.2, -0.15) is 0 Å². The Balaban J connectivity index is 4.47. The second-order valence-electron chi connectivity index (χ2n) is 4.40. The summed E-state index contributed by atoms with van der Waals surface area (Å²) >= 11 is 0. The van der Waals surface area contributed by atoms with Gasteiger partial charge in [0, 0.05) is 5.54 Å². The van der Waals surface area contributed by atoms with E-state index >= 15 is 0 Å². The Labute approximate surface area is 86.5 Å². The maximum atomic E-state index is 11.5. The molecular formula is C11H21NO2. The Hall–Kier alpha value is -0.830. The lowest BCUT2D eigenvalue weighted by atomic mass is 9.97. The summed E-state index contributed by atoms with van der Waals surface area (Å²) in [6, 6.07) is 0. The molecule has 0 aromatic heterocycles. The molecule has 0 radical (unpaired) electrons. The summed E-state index contributed by atoms with van der Waals surface area (Å²) in [5, 5.41) is 3.17. The molecule has 0 heterocycles. The number of rotatable bonds is 5. The summed E-state index contributed by atoms with van der Waals surface area (Å²) in [6.07, 6.45) is 1.77. The van der Waals surface area contributed by atoms with Crippen molar-refractivity contribution in [2.45, 2.75) is 45.7 Å². The number of hydrogen-bond donors (Lipinski definition) is 1. The van der Waals surface area contributed by atoms with Crippen molar-refractivity contribution in [1.82, 2.24) is 5.32 Å². The van der Waals surface area contributed by atoms with Crippen LogP contribution in [-0.2, 0) is 9.53 Å². The predicted molar refractivity (Wildman–Crippen MR) is 58.1 cm³/mol. The average Bonchev–Trinajstić information content (AvgIpc) is 2.03. The summed E-state index contributed by atoms with van der Waals surface area (Å²) in [7, 11) is 0. The van der Waals surface area contributed by atoms with Crippen LogP contribution < -0.4 is 5.32 Å². The van der Waals surface area contributed by atoms with E-state index in [1.54, 1.807) is 26.8 Å². The van der Waals surface area contributed by atoms with Crippen LogP contribution >= 0.6 is 0 Å². The van der Waals surface area contributed by atoms with Gasteiger partial charge >= 0.3 is 5.97 Å². The molecule has 0 atom stereocenters. The molecule has 0 bridgehead atoms. The van der Waals surface area contributed by atoms with Gasteiger partial charge in [0.25, 0.3) is 0 Å². The lowest BCUT2D eigenvalue weighted by Gasteiger charge is -2.33. The van der Waals surface area contributed by atoms with E-state index in [0.717, 1.165) is 0 Å². The second-order valence-corrected chi connectivity index (χ2v) is 4.40. The van der Waals surface area contributed by atoms with Gasteiger partial charge in [0.1, 0.15) is 5.54 Å². The van der Waals surface area contributed by atoms with Crippen LogP contribution in [0.3, 0.4) is 0 Å². The standard InChI is InChI=1S/C11H21NO2/c1-7-10(3,4)12-11(5,6)9(13)14-8-2/h7,12H,1,8H2,2-6H3. The minimum Gasteiger partial charge on any atom is -0.465 e. The number of ether oxygens (including phenoxy) is 1. The van der Waals surface area contributed by atoms with E-state index in [4.69, 9.17) is 4.74 Å². The van der Waals surface area contributed by atoms with Crippen molar-refractivity contribution in [1.29, 1.82) is 0 Å². The SMILES string of the molecule is C=CC(C)(C)NC(C)(C)C(=O)OCC. The van der Waals surface area contributed by atoms with Crippen LogP contribution in [0.5, 0.6) is 0 Å². The molecule has 3 nitrogen and oxygen atoms in total. The van der Waals surface area contributed by atoms with Crippen molar-refractivity contribution in [2.24, 2.45) is 0 Å². The summed E-state index contributed by atoms with van der Waals surface area (Å²) in [4.78, 5) is 11.5. The lowest BCUT2D eigenvalue weighted by Crippen LogP contribution is -2.56. The van der Waals surface area contributed by atoms with Gasteiger partial charge < -0.3 is 4.74 Å². The Morgan fingerprint density at radius 2 is 1.93 bits per heavy atom. The largest absolute Gasteiger partial charge is 0.465 e. The summed E-state index contributed by atoms with van der Waals surface area (Å²) in [6.45, 7) is 13.4. The average molecular weight is 199 g/mol. The summed E-state index contributed by atoms with van der Waals surface area (Å²) in [5.41, 5.74) is -0.968. The fourth-order valence-electron chi connectivity index (χ4n) is 1.22. The number of nitrogens with one attached hydrogen (secondary N) is 1. The monoisotopic (exact) mass is 199 g/mol. The number of esters is 1. The number of carbonyl (C=O) groups excluding carboxylic acids is 1. The maximum absolute atomic E-state index is 11.5. The van der Waals surface area contributed by atoms with E-state index < -0.39 is 5.54 Å². The van der Waals surface area contributed by atoms with E-state index in [0.29, 0.717) is 6.61 Å². The Kier molecular flexibility index (Phi) is 4.33. The first kappa shape index (κ1) is 13.2. The van der Waals surface area contributed by atoms with E-state index in [1.807, 2.05) is 13.8 Å². The van der Waals surface area contributed by atoms with Crippen LogP contribution in [0.2, 0.25) is 0 Å². The number of carbonyl (C=O) groups is 1. The van der Waals surface area contributed by atoms with E-state index in [9.17, 15) is 4.79 Å². The van der Waals surface area contributed by atoms with Crippen molar-refractivity contribution in [3.63, 3.8) is 0 Å². The molecule has 0 spiro atoms. The van der Waals surface area contributed by atoms with E-state index in [2.05, 4.69) is 11.9 Å². The number of hydrogen-bond acceptors (Lipinski definition) is 3. The summed E-state index contributed by atoms with van der Waals surface area (Å²) < 4.78 is 4.96. The molecule has 0 amide bonds.